The molecular weight excluding hydrogens is 302 g/mol. The molecular formula is C12H19NO5S2. The summed E-state index contributed by atoms with van der Waals surface area (Å²) < 4.78 is 49.4. The van der Waals surface area contributed by atoms with Gasteiger partial charge >= 0.3 is 0 Å². The van der Waals surface area contributed by atoms with Crippen molar-refractivity contribution in [1.82, 2.24) is 4.72 Å². The molecule has 0 fully saturated rings. The zero-order chi connectivity index (χ0) is 15.6. The minimum absolute atomic E-state index is 0.0177. The predicted molar refractivity (Wildman–Crippen MR) is 75.7 cm³/mol. The molecule has 0 spiro atoms. The molecule has 8 heteroatoms. The van der Waals surface area contributed by atoms with Crippen LogP contribution in [-0.2, 0) is 19.9 Å². The number of aliphatic hydroxyl groups excluding tert-OH is 1. The Labute approximate surface area is 119 Å². The van der Waals surface area contributed by atoms with E-state index in [0.717, 1.165) is 6.26 Å². The quantitative estimate of drug-likeness (QED) is 0.796. The zero-order valence-electron chi connectivity index (χ0n) is 11.6. The van der Waals surface area contributed by atoms with Crippen molar-refractivity contribution in [2.45, 2.75) is 35.6 Å². The van der Waals surface area contributed by atoms with Gasteiger partial charge in [-0.25, -0.2) is 21.6 Å². The van der Waals surface area contributed by atoms with E-state index in [4.69, 9.17) is 5.11 Å². The molecule has 1 aromatic rings. The van der Waals surface area contributed by atoms with E-state index < -0.39 is 25.4 Å². The third-order valence-corrected chi connectivity index (χ3v) is 5.55. The molecule has 0 radical (unpaired) electrons. The maximum absolute atomic E-state index is 12.1. The van der Waals surface area contributed by atoms with Crippen molar-refractivity contribution in [2.75, 3.05) is 12.9 Å². The molecule has 20 heavy (non-hydrogen) atoms. The van der Waals surface area contributed by atoms with Crippen LogP contribution in [0.5, 0.6) is 0 Å². The summed E-state index contributed by atoms with van der Waals surface area (Å²) in [7, 11) is -7.12. The molecule has 1 rings (SSSR count). The molecule has 0 saturated carbocycles. The Bertz CT molecular complexity index is 660. The molecule has 6 nitrogen and oxygen atoms in total. The third kappa shape index (κ3) is 4.55. The van der Waals surface area contributed by atoms with E-state index in [1.165, 1.54) is 24.3 Å². The first-order chi connectivity index (χ1) is 8.98. The molecule has 2 N–H and O–H groups in total. The average molecular weight is 321 g/mol. The van der Waals surface area contributed by atoms with Gasteiger partial charge in [-0.15, -0.1) is 0 Å². The van der Waals surface area contributed by atoms with Gasteiger partial charge in [-0.1, -0.05) is 0 Å². The van der Waals surface area contributed by atoms with Crippen molar-refractivity contribution in [3.05, 3.63) is 24.3 Å². The summed E-state index contributed by atoms with van der Waals surface area (Å²) in [5.41, 5.74) is -0.789. The van der Waals surface area contributed by atoms with E-state index in [9.17, 15) is 16.8 Å². The molecule has 0 atom stereocenters. The Morgan fingerprint density at radius 2 is 1.50 bits per heavy atom. The third-order valence-electron chi connectivity index (χ3n) is 2.71. The van der Waals surface area contributed by atoms with Crippen LogP contribution in [0.4, 0.5) is 0 Å². The lowest BCUT2D eigenvalue weighted by molar-refractivity contribution is 0.245. The van der Waals surface area contributed by atoms with Crippen molar-refractivity contribution < 1.29 is 21.9 Å². The number of aliphatic hydroxyl groups is 1. The fourth-order valence-corrected chi connectivity index (χ4v) is 3.69. The van der Waals surface area contributed by atoms with Crippen LogP contribution in [0.15, 0.2) is 34.1 Å². The number of hydrogen-bond donors (Lipinski definition) is 2. The summed E-state index contributed by atoms with van der Waals surface area (Å²) in [5, 5.41) is 8.89. The van der Waals surface area contributed by atoms with Gasteiger partial charge in [0.1, 0.15) is 0 Å². The second-order valence-corrected chi connectivity index (χ2v) is 8.90. The number of nitrogens with one attached hydrogen (secondary N) is 1. The van der Waals surface area contributed by atoms with Crippen LogP contribution < -0.4 is 4.72 Å². The van der Waals surface area contributed by atoms with Crippen LogP contribution in [0, 0.1) is 0 Å². The summed E-state index contributed by atoms with van der Waals surface area (Å²) in [6.45, 7) is 3.18. The second kappa shape index (κ2) is 5.80. The van der Waals surface area contributed by atoms with Gasteiger partial charge in [-0.3, -0.25) is 0 Å². The Balaban J connectivity index is 3.06. The van der Waals surface area contributed by atoms with E-state index in [0.29, 0.717) is 0 Å². The van der Waals surface area contributed by atoms with Gasteiger partial charge in [0.05, 0.1) is 9.79 Å². The smallest absolute Gasteiger partial charge is 0.241 e. The topological polar surface area (TPSA) is 101 Å². The maximum atomic E-state index is 12.1. The predicted octanol–water partition coefficient (Wildman–Crippen LogP) is 0.529. The zero-order valence-corrected chi connectivity index (χ0v) is 13.3. The van der Waals surface area contributed by atoms with Gasteiger partial charge in [0.15, 0.2) is 9.84 Å². The number of benzene rings is 1. The molecule has 0 aliphatic carbocycles. The molecule has 0 aliphatic rings. The second-order valence-electron chi connectivity index (χ2n) is 5.21. The van der Waals surface area contributed by atoms with Crippen molar-refractivity contribution in [3.8, 4) is 0 Å². The first-order valence-electron chi connectivity index (χ1n) is 5.93. The lowest BCUT2D eigenvalue weighted by Crippen LogP contribution is -2.43. The lowest BCUT2D eigenvalue weighted by atomic mass is 10.0. The first-order valence-corrected chi connectivity index (χ1v) is 9.30. The molecule has 1 aromatic carbocycles. The molecule has 0 saturated heterocycles. The SMILES string of the molecule is CC(C)(CCO)NS(=O)(=O)c1ccc(S(C)(=O)=O)cc1. The van der Waals surface area contributed by atoms with E-state index in [2.05, 4.69) is 4.72 Å². The van der Waals surface area contributed by atoms with Gasteiger partial charge in [-0.05, 0) is 44.5 Å². The Kier molecular flexibility index (Phi) is 4.96. The Morgan fingerprint density at radius 3 is 1.90 bits per heavy atom. The van der Waals surface area contributed by atoms with Gasteiger partial charge in [0.25, 0.3) is 0 Å². The van der Waals surface area contributed by atoms with Crippen molar-refractivity contribution >= 4 is 19.9 Å². The standard InChI is InChI=1S/C12H19NO5S2/c1-12(2,8-9-14)13-20(17,18)11-6-4-10(5-7-11)19(3,15)16/h4-7,13-14H,8-9H2,1-3H3. The molecule has 0 heterocycles. The monoisotopic (exact) mass is 321 g/mol. The van der Waals surface area contributed by atoms with Gasteiger partial charge < -0.3 is 5.11 Å². The largest absolute Gasteiger partial charge is 0.396 e. The van der Waals surface area contributed by atoms with Crippen LogP contribution in [0.25, 0.3) is 0 Å². The lowest BCUT2D eigenvalue weighted by Gasteiger charge is -2.25. The fourth-order valence-electron chi connectivity index (χ4n) is 1.62. The van der Waals surface area contributed by atoms with Gasteiger partial charge in [-0.2, -0.15) is 0 Å². The van der Waals surface area contributed by atoms with Crippen LogP contribution in [0.2, 0.25) is 0 Å². The molecule has 0 unspecified atom stereocenters. The normalized spacial score (nSPS) is 13.4. The minimum Gasteiger partial charge on any atom is -0.396 e. The Morgan fingerprint density at radius 1 is 1.05 bits per heavy atom. The molecule has 0 aromatic heterocycles. The highest BCUT2D eigenvalue weighted by Crippen LogP contribution is 2.17. The van der Waals surface area contributed by atoms with Crippen LogP contribution in [0.1, 0.15) is 20.3 Å². The maximum Gasteiger partial charge on any atom is 0.241 e. The van der Waals surface area contributed by atoms with E-state index in [1.54, 1.807) is 13.8 Å². The Hall–Kier alpha value is -0.960. The highest BCUT2D eigenvalue weighted by Gasteiger charge is 2.25. The van der Waals surface area contributed by atoms with Crippen molar-refractivity contribution in [1.29, 1.82) is 0 Å². The minimum atomic E-state index is -3.76. The number of sulfone groups is 1. The summed E-state index contributed by atoms with van der Waals surface area (Å²) in [6.07, 6.45) is 1.33. The molecule has 0 aliphatic heterocycles. The molecule has 0 bridgehead atoms. The average Bonchev–Trinajstić information content (AvgIpc) is 2.26. The van der Waals surface area contributed by atoms with Crippen molar-refractivity contribution in [2.24, 2.45) is 0 Å². The van der Waals surface area contributed by atoms with E-state index in [-0.39, 0.29) is 22.8 Å². The fraction of sp³-hybridized carbons (Fsp3) is 0.500. The van der Waals surface area contributed by atoms with E-state index in [1.807, 2.05) is 0 Å². The summed E-state index contributed by atoms with van der Waals surface area (Å²) in [6, 6.07) is 4.99. The highest BCUT2D eigenvalue weighted by molar-refractivity contribution is 7.90. The van der Waals surface area contributed by atoms with Crippen LogP contribution in [0.3, 0.4) is 0 Å². The summed E-state index contributed by atoms with van der Waals surface area (Å²) in [5.74, 6) is 0. The summed E-state index contributed by atoms with van der Waals surface area (Å²) in [4.78, 5) is 0.0435. The van der Waals surface area contributed by atoms with Crippen LogP contribution in [-0.4, -0.2) is 40.3 Å². The first kappa shape index (κ1) is 17.1. The number of sulfonamides is 1. The highest BCUT2D eigenvalue weighted by atomic mass is 32.2. The van der Waals surface area contributed by atoms with Gasteiger partial charge in [0.2, 0.25) is 10.0 Å². The van der Waals surface area contributed by atoms with Gasteiger partial charge in [0, 0.05) is 18.4 Å². The van der Waals surface area contributed by atoms with Crippen molar-refractivity contribution in [3.63, 3.8) is 0 Å². The summed E-state index contributed by atoms with van der Waals surface area (Å²) >= 11 is 0. The van der Waals surface area contributed by atoms with E-state index >= 15 is 0 Å². The number of rotatable bonds is 6. The molecule has 0 amide bonds. The van der Waals surface area contributed by atoms with Crippen LogP contribution >= 0.6 is 0 Å². The number of hydrogen-bond acceptors (Lipinski definition) is 5. The molecule has 114 valence electrons.